The van der Waals surface area contributed by atoms with Crippen LogP contribution in [0.1, 0.15) is 40.5 Å². The van der Waals surface area contributed by atoms with Crippen molar-refractivity contribution in [1.82, 2.24) is 9.80 Å². The molecule has 0 spiro atoms. The van der Waals surface area contributed by atoms with Crippen LogP contribution in [0.3, 0.4) is 0 Å². The summed E-state index contributed by atoms with van der Waals surface area (Å²) in [6.45, 7) is 10.7. The summed E-state index contributed by atoms with van der Waals surface area (Å²) in [4.78, 5) is 16.4. The van der Waals surface area contributed by atoms with Crippen LogP contribution in [0.4, 0.5) is 0 Å². The molecule has 4 nitrogen and oxygen atoms in total. The first-order valence-electron chi connectivity index (χ1n) is 6.71. The molecule has 1 heterocycles. The van der Waals surface area contributed by atoms with Gasteiger partial charge in [0.05, 0.1) is 6.54 Å². The lowest BCUT2D eigenvalue weighted by Gasteiger charge is -2.35. The molecule has 0 aromatic rings. The number of piperidine rings is 1. The zero-order chi connectivity index (χ0) is 13.0. The summed E-state index contributed by atoms with van der Waals surface area (Å²) in [5.74, 6) is 0.226. The number of hydrogen-bond acceptors (Lipinski definition) is 3. The van der Waals surface area contributed by atoms with Crippen LogP contribution in [0, 0.1) is 0 Å². The van der Waals surface area contributed by atoms with Gasteiger partial charge in [-0.15, -0.1) is 0 Å². The summed E-state index contributed by atoms with van der Waals surface area (Å²) in [7, 11) is 0. The van der Waals surface area contributed by atoms with Gasteiger partial charge in [-0.05, 0) is 47.1 Å². The predicted molar refractivity (Wildman–Crippen MR) is 70.8 cm³/mol. The molecule has 1 atom stereocenters. The first-order valence-corrected chi connectivity index (χ1v) is 6.71. The molecule has 0 aromatic heterocycles. The highest BCUT2D eigenvalue weighted by atomic mass is 16.2. The van der Waals surface area contributed by atoms with Crippen molar-refractivity contribution in [3.05, 3.63) is 0 Å². The Hall–Kier alpha value is -0.610. The molecule has 1 unspecified atom stereocenters. The fourth-order valence-corrected chi connectivity index (χ4v) is 2.68. The second kappa shape index (κ2) is 6.36. The van der Waals surface area contributed by atoms with E-state index in [4.69, 9.17) is 5.73 Å². The zero-order valence-corrected chi connectivity index (χ0v) is 11.6. The quantitative estimate of drug-likeness (QED) is 0.800. The van der Waals surface area contributed by atoms with Crippen LogP contribution < -0.4 is 5.73 Å². The third kappa shape index (κ3) is 4.28. The van der Waals surface area contributed by atoms with Crippen molar-refractivity contribution < 1.29 is 4.79 Å². The minimum atomic E-state index is 0.226. The Bertz CT molecular complexity index is 245. The summed E-state index contributed by atoms with van der Waals surface area (Å²) in [5, 5.41) is 0. The van der Waals surface area contributed by atoms with Gasteiger partial charge in [0, 0.05) is 24.7 Å². The molecule has 100 valence electrons. The lowest BCUT2D eigenvalue weighted by atomic mass is 10.1. The van der Waals surface area contributed by atoms with Gasteiger partial charge >= 0.3 is 0 Å². The number of carbonyl (C=O) groups is 1. The van der Waals surface area contributed by atoms with Gasteiger partial charge in [0.15, 0.2) is 0 Å². The van der Waals surface area contributed by atoms with Gasteiger partial charge in [0.1, 0.15) is 0 Å². The Labute approximate surface area is 105 Å². The summed E-state index contributed by atoms with van der Waals surface area (Å²) < 4.78 is 0. The van der Waals surface area contributed by atoms with Crippen LogP contribution in [0.25, 0.3) is 0 Å². The van der Waals surface area contributed by atoms with E-state index in [1.165, 1.54) is 0 Å². The van der Waals surface area contributed by atoms with E-state index in [0.29, 0.717) is 6.54 Å². The molecule has 0 radical (unpaired) electrons. The SMILES string of the molecule is CC(C)N(C(=O)CN1CCCC(N)C1)C(C)C. The van der Waals surface area contributed by atoms with Crippen LogP contribution in [-0.4, -0.2) is 53.5 Å². The van der Waals surface area contributed by atoms with Gasteiger partial charge in [-0.2, -0.15) is 0 Å². The largest absolute Gasteiger partial charge is 0.337 e. The molecular weight excluding hydrogens is 214 g/mol. The Kier molecular flexibility index (Phi) is 5.40. The van der Waals surface area contributed by atoms with Gasteiger partial charge in [-0.3, -0.25) is 9.69 Å². The molecule has 1 fully saturated rings. The highest BCUT2D eigenvalue weighted by Crippen LogP contribution is 2.11. The number of amides is 1. The maximum absolute atomic E-state index is 12.2. The fourth-order valence-electron chi connectivity index (χ4n) is 2.68. The monoisotopic (exact) mass is 241 g/mol. The average molecular weight is 241 g/mol. The number of carbonyl (C=O) groups excluding carboxylic acids is 1. The Morgan fingerprint density at radius 1 is 1.35 bits per heavy atom. The van der Waals surface area contributed by atoms with Crippen molar-refractivity contribution in [3.8, 4) is 0 Å². The lowest BCUT2D eigenvalue weighted by Crippen LogP contribution is -2.50. The van der Waals surface area contributed by atoms with E-state index in [-0.39, 0.29) is 24.0 Å². The molecule has 1 aliphatic rings. The smallest absolute Gasteiger partial charge is 0.237 e. The normalized spacial score (nSPS) is 22.2. The second-order valence-corrected chi connectivity index (χ2v) is 5.63. The number of hydrogen-bond donors (Lipinski definition) is 1. The van der Waals surface area contributed by atoms with Crippen LogP contribution in [-0.2, 0) is 4.79 Å². The second-order valence-electron chi connectivity index (χ2n) is 5.63. The molecule has 1 rings (SSSR count). The van der Waals surface area contributed by atoms with Gasteiger partial charge in [0.25, 0.3) is 0 Å². The third-order valence-corrected chi connectivity index (χ3v) is 3.30. The van der Waals surface area contributed by atoms with Crippen molar-refractivity contribution in [2.75, 3.05) is 19.6 Å². The maximum Gasteiger partial charge on any atom is 0.237 e. The van der Waals surface area contributed by atoms with Crippen LogP contribution >= 0.6 is 0 Å². The molecule has 2 N–H and O–H groups in total. The molecule has 1 amide bonds. The first-order chi connectivity index (χ1) is 7.91. The molecule has 4 heteroatoms. The fraction of sp³-hybridized carbons (Fsp3) is 0.923. The summed E-state index contributed by atoms with van der Waals surface area (Å²) in [5.41, 5.74) is 5.93. The standard InChI is InChI=1S/C13H27N3O/c1-10(2)16(11(3)4)13(17)9-15-7-5-6-12(14)8-15/h10-12H,5-9,14H2,1-4H3. The van der Waals surface area contributed by atoms with E-state index < -0.39 is 0 Å². The molecule has 0 aliphatic carbocycles. The summed E-state index contributed by atoms with van der Waals surface area (Å²) in [6, 6.07) is 0.769. The minimum Gasteiger partial charge on any atom is -0.337 e. The van der Waals surface area contributed by atoms with E-state index in [1.807, 2.05) is 4.90 Å². The summed E-state index contributed by atoms with van der Waals surface area (Å²) >= 11 is 0. The molecule has 1 saturated heterocycles. The van der Waals surface area contributed by atoms with Gasteiger partial charge in [-0.1, -0.05) is 0 Å². The van der Waals surface area contributed by atoms with E-state index >= 15 is 0 Å². The summed E-state index contributed by atoms with van der Waals surface area (Å²) in [6.07, 6.45) is 2.20. The van der Waals surface area contributed by atoms with E-state index in [2.05, 4.69) is 32.6 Å². The van der Waals surface area contributed by atoms with Crippen LogP contribution in [0.5, 0.6) is 0 Å². The number of likely N-dealkylation sites (tertiary alicyclic amines) is 1. The molecule has 0 aromatic carbocycles. The average Bonchev–Trinajstić information content (AvgIpc) is 2.15. The molecule has 0 bridgehead atoms. The van der Waals surface area contributed by atoms with E-state index in [1.54, 1.807) is 0 Å². The first kappa shape index (κ1) is 14.5. The van der Waals surface area contributed by atoms with Crippen molar-refractivity contribution in [2.45, 2.75) is 58.7 Å². The molecule has 17 heavy (non-hydrogen) atoms. The van der Waals surface area contributed by atoms with Crippen LogP contribution in [0.2, 0.25) is 0 Å². The van der Waals surface area contributed by atoms with E-state index in [0.717, 1.165) is 25.9 Å². The minimum absolute atomic E-state index is 0.226. The van der Waals surface area contributed by atoms with Crippen LogP contribution in [0.15, 0.2) is 0 Å². The molecule has 1 aliphatic heterocycles. The third-order valence-electron chi connectivity index (χ3n) is 3.30. The van der Waals surface area contributed by atoms with Crippen molar-refractivity contribution in [2.24, 2.45) is 5.73 Å². The van der Waals surface area contributed by atoms with Crippen molar-refractivity contribution in [3.63, 3.8) is 0 Å². The Morgan fingerprint density at radius 2 is 1.94 bits per heavy atom. The maximum atomic E-state index is 12.2. The van der Waals surface area contributed by atoms with Gasteiger partial charge in [0.2, 0.25) is 5.91 Å². The molecular formula is C13H27N3O. The van der Waals surface area contributed by atoms with Crippen molar-refractivity contribution >= 4 is 5.91 Å². The van der Waals surface area contributed by atoms with E-state index in [9.17, 15) is 4.79 Å². The number of nitrogens with zero attached hydrogens (tertiary/aromatic N) is 2. The predicted octanol–water partition coefficient (Wildman–Crippen LogP) is 1.05. The highest BCUT2D eigenvalue weighted by Gasteiger charge is 2.24. The topological polar surface area (TPSA) is 49.6 Å². The number of nitrogens with two attached hydrogens (primary N) is 1. The molecule has 0 saturated carbocycles. The Balaban J connectivity index is 2.51. The van der Waals surface area contributed by atoms with Crippen molar-refractivity contribution in [1.29, 1.82) is 0 Å². The van der Waals surface area contributed by atoms with Gasteiger partial charge < -0.3 is 10.6 Å². The van der Waals surface area contributed by atoms with Gasteiger partial charge in [-0.25, -0.2) is 0 Å². The number of rotatable bonds is 4. The highest BCUT2D eigenvalue weighted by molar-refractivity contribution is 5.78. The Morgan fingerprint density at radius 3 is 2.41 bits per heavy atom. The lowest BCUT2D eigenvalue weighted by molar-refractivity contribution is -0.136. The zero-order valence-electron chi connectivity index (χ0n) is 11.6.